The second-order valence-electron chi connectivity index (χ2n) is 6.37. The van der Waals surface area contributed by atoms with E-state index in [1.165, 1.54) is 4.90 Å². The van der Waals surface area contributed by atoms with Gasteiger partial charge in [-0.3, -0.25) is 0 Å². The minimum atomic E-state index is -2.61. The molecule has 0 radical (unpaired) electrons. The van der Waals surface area contributed by atoms with Gasteiger partial charge in [-0.25, -0.2) is 13.6 Å². The molecule has 2 amide bonds. The molecule has 2 aromatic rings. The van der Waals surface area contributed by atoms with E-state index in [2.05, 4.69) is 5.32 Å². The first kappa shape index (κ1) is 18.2. The zero-order valence-corrected chi connectivity index (χ0v) is 14.6. The van der Waals surface area contributed by atoms with Gasteiger partial charge >= 0.3 is 6.03 Å². The van der Waals surface area contributed by atoms with Crippen molar-refractivity contribution < 1.29 is 18.3 Å². The molecule has 1 unspecified atom stereocenters. The van der Waals surface area contributed by atoms with E-state index in [9.17, 15) is 13.6 Å². The van der Waals surface area contributed by atoms with Crippen molar-refractivity contribution in [2.24, 2.45) is 0 Å². The van der Waals surface area contributed by atoms with Gasteiger partial charge in [0.1, 0.15) is 5.75 Å². The number of fused-ring (bicyclic) bond motifs is 1. The number of nitrogens with one attached hydrogen (secondary N) is 1. The fourth-order valence-corrected chi connectivity index (χ4v) is 3.20. The van der Waals surface area contributed by atoms with Crippen LogP contribution in [0.3, 0.4) is 0 Å². The number of benzene rings is 2. The second kappa shape index (κ2) is 8.17. The summed E-state index contributed by atoms with van der Waals surface area (Å²) in [6, 6.07) is 13.4. The van der Waals surface area contributed by atoms with Crippen molar-refractivity contribution in [3.05, 3.63) is 65.2 Å². The number of ether oxygens (including phenoxy) is 1. The number of methoxy groups -OCH3 is 1. The summed E-state index contributed by atoms with van der Waals surface area (Å²) < 4.78 is 32.1. The first-order valence-electron chi connectivity index (χ1n) is 8.60. The number of urea groups is 1. The molecule has 1 N–H and O–H groups in total. The van der Waals surface area contributed by atoms with Gasteiger partial charge in [0.05, 0.1) is 19.7 Å². The normalized spacial score (nSPS) is 14.2. The van der Waals surface area contributed by atoms with Crippen molar-refractivity contribution in [3.63, 3.8) is 0 Å². The lowest BCUT2D eigenvalue weighted by atomic mass is 10.1. The molecule has 1 aliphatic heterocycles. The number of alkyl halides is 2. The molecule has 0 saturated carbocycles. The van der Waals surface area contributed by atoms with Crippen LogP contribution in [0.5, 0.6) is 5.75 Å². The highest BCUT2D eigenvalue weighted by Crippen LogP contribution is 2.30. The maximum absolute atomic E-state index is 13.4. The van der Waals surface area contributed by atoms with Gasteiger partial charge in [0.2, 0.25) is 0 Å². The molecule has 0 bridgehead atoms. The standard InChI is InChI=1S/C20H22F2N2O2/c1-26-18-9-5-8-15-12-24(13-16(15)18)20(25)23-17(19(21)22)11-10-14-6-3-2-4-7-14/h2-9,17,19H,10-13H2,1H3,(H,23,25). The molecule has 26 heavy (non-hydrogen) atoms. The Morgan fingerprint density at radius 3 is 2.62 bits per heavy atom. The summed E-state index contributed by atoms with van der Waals surface area (Å²) in [5.74, 6) is 0.715. The number of amides is 2. The van der Waals surface area contributed by atoms with Crippen molar-refractivity contribution in [2.45, 2.75) is 38.4 Å². The summed E-state index contributed by atoms with van der Waals surface area (Å²) in [6.45, 7) is 0.757. The molecule has 0 spiro atoms. The molecule has 1 aliphatic rings. The zero-order valence-electron chi connectivity index (χ0n) is 14.6. The Balaban J connectivity index is 1.60. The summed E-state index contributed by atoms with van der Waals surface area (Å²) in [6.07, 6.45) is -1.93. The number of carbonyl (C=O) groups excluding carboxylic acids is 1. The van der Waals surface area contributed by atoms with E-state index in [0.717, 1.165) is 16.7 Å². The first-order valence-corrected chi connectivity index (χ1v) is 8.60. The Hall–Kier alpha value is -2.63. The highest BCUT2D eigenvalue weighted by Gasteiger charge is 2.29. The second-order valence-corrected chi connectivity index (χ2v) is 6.37. The lowest BCUT2D eigenvalue weighted by Gasteiger charge is -2.23. The average molecular weight is 360 g/mol. The quantitative estimate of drug-likeness (QED) is 0.846. The summed E-state index contributed by atoms with van der Waals surface area (Å²) in [5, 5.41) is 2.50. The number of hydrogen-bond donors (Lipinski definition) is 1. The molecular weight excluding hydrogens is 338 g/mol. The lowest BCUT2D eigenvalue weighted by Crippen LogP contribution is -2.46. The summed E-state index contributed by atoms with van der Waals surface area (Å²) in [5.41, 5.74) is 2.89. The Morgan fingerprint density at radius 1 is 1.15 bits per heavy atom. The van der Waals surface area contributed by atoms with Crippen LogP contribution in [0.4, 0.5) is 13.6 Å². The van der Waals surface area contributed by atoms with Crippen molar-refractivity contribution in [1.29, 1.82) is 0 Å². The van der Waals surface area contributed by atoms with Crippen LogP contribution >= 0.6 is 0 Å². The van der Waals surface area contributed by atoms with Gasteiger partial charge < -0.3 is 15.0 Å². The first-order chi connectivity index (χ1) is 12.6. The molecular formula is C20H22F2N2O2. The van der Waals surface area contributed by atoms with E-state index in [1.807, 2.05) is 48.5 Å². The van der Waals surface area contributed by atoms with E-state index in [4.69, 9.17) is 4.74 Å². The van der Waals surface area contributed by atoms with Crippen molar-refractivity contribution >= 4 is 6.03 Å². The topological polar surface area (TPSA) is 41.6 Å². The van der Waals surface area contributed by atoms with E-state index in [0.29, 0.717) is 25.3 Å². The van der Waals surface area contributed by atoms with Crippen LogP contribution in [0.25, 0.3) is 0 Å². The zero-order chi connectivity index (χ0) is 18.5. The number of rotatable bonds is 6. The summed E-state index contributed by atoms with van der Waals surface area (Å²) >= 11 is 0. The largest absolute Gasteiger partial charge is 0.496 e. The van der Waals surface area contributed by atoms with Gasteiger partial charge in [-0.05, 0) is 30.0 Å². The Morgan fingerprint density at radius 2 is 1.92 bits per heavy atom. The summed E-state index contributed by atoms with van der Waals surface area (Å²) in [4.78, 5) is 14.0. The predicted octanol–water partition coefficient (Wildman–Crippen LogP) is 3.99. The predicted molar refractivity (Wildman–Crippen MR) is 95.3 cm³/mol. The number of carbonyl (C=O) groups is 1. The van der Waals surface area contributed by atoms with E-state index in [1.54, 1.807) is 7.11 Å². The number of nitrogens with zero attached hydrogens (tertiary/aromatic N) is 1. The Labute approximate surface area is 151 Å². The number of aryl methyl sites for hydroxylation is 1. The highest BCUT2D eigenvalue weighted by molar-refractivity contribution is 5.75. The van der Waals surface area contributed by atoms with Crippen LogP contribution in [-0.4, -0.2) is 30.5 Å². The van der Waals surface area contributed by atoms with Crippen LogP contribution < -0.4 is 10.1 Å². The maximum atomic E-state index is 13.4. The minimum Gasteiger partial charge on any atom is -0.496 e. The van der Waals surface area contributed by atoms with Gasteiger partial charge in [0, 0.05) is 12.1 Å². The molecule has 0 aliphatic carbocycles. The van der Waals surface area contributed by atoms with Gasteiger partial charge in [0.25, 0.3) is 6.43 Å². The fraction of sp³-hybridized carbons (Fsp3) is 0.350. The monoisotopic (exact) mass is 360 g/mol. The molecule has 0 fully saturated rings. The molecule has 0 saturated heterocycles. The molecule has 0 aromatic heterocycles. The Bertz CT molecular complexity index is 753. The van der Waals surface area contributed by atoms with E-state index >= 15 is 0 Å². The minimum absolute atomic E-state index is 0.192. The van der Waals surface area contributed by atoms with Gasteiger partial charge in [-0.1, -0.05) is 42.5 Å². The molecule has 1 heterocycles. The maximum Gasteiger partial charge on any atom is 0.318 e. The van der Waals surface area contributed by atoms with Crippen LogP contribution in [0, 0.1) is 0 Å². The van der Waals surface area contributed by atoms with Gasteiger partial charge in [0.15, 0.2) is 0 Å². The number of halogens is 2. The van der Waals surface area contributed by atoms with Crippen molar-refractivity contribution in [2.75, 3.05) is 7.11 Å². The molecule has 3 rings (SSSR count). The smallest absolute Gasteiger partial charge is 0.318 e. The average Bonchev–Trinajstić information content (AvgIpc) is 3.10. The summed E-state index contributed by atoms with van der Waals surface area (Å²) in [7, 11) is 1.58. The molecule has 1 atom stereocenters. The van der Waals surface area contributed by atoms with Crippen LogP contribution in [0.1, 0.15) is 23.1 Å². The van der Waals surface area contributed by atoms with E-state index in [-0.39, 0.29) is 6.42 Å². The van der Waals surface area contributed by atoms with Gasteiger partial charge in [-0.15, -0.1) is 0 Å². The molecule has 6 heteroatoms. The van der Waals surface area contributed by atoms with Gasteiger partial charge in [-0.2, -0.15) is 0 Å². The van der Waals surface area contributed by atoms with Crippen LogP contribution in [0.15, 0.2) is 48.5 Å². The third-order valence-electron chi connectivity index (χ3n) is 4.65. The fourth-order valence-electron chi connectivity index (χ4n) is 3.20. The van der Waals surface area contributed by atoms with Crippen molar-refractivity contribution in [3.8, 4) is 5.75 Å². The van der Waals surface area contributed by atoms with Crippen molar-refractivity contribution in [1.82, 2.24) is 10.2 Å². The van der Waals surface area contributed by atoms with E-state index < -0.39 is 18.5 Å². The molecule has 138 valence electrons. The molecule has 2 aromatic carbocycles. The van der Waals surface area contributed by atoms with Crippen LogP contribution in [-0.2, 0) is 19.5 Å². The third kappa shape index (κ3) is 4.12. The highest BCUT2D eigenvalue weighted by atomic mass is 19.3. The molecule has 4 nitrogen and oxygen atoms in total. The lowest BCUT2D eigenvalue weighted by molar-refractivity contribution is 0.0924. The third-order valence-corrected chi connectivity index (χ3v) is 4.65. The SMILES string of the molecule is COc1cccc2c1CN(C(=O)NC(CCc1ccccc1)C(F)F)C2. The Kier molecular flexibility index (Phi) is 5.71. The number of hydrogen-bond acceptors (Lipinski definition) is 2. The van der Waals surface area contributed by atoms with Crippen LogP contribution in [0.2, 0.25) is 0 Å².